The predicted octanol–water partition coefficient (Wildman–Crippen LogP) is 0.749. The first-order valence-corrected chi connectivity index (χ1v) is 15.7. The lowest BCUT2D eigenvalue weighted by atomic mass is 10.0. The summed E-state index contributed by atoms with van der Waals surface area (Å²) in [7, 11) is 0. The second-order valence-corrected chi connectivity index (χ2v) is 12.4. The van der Waals surface area contributed by atoms with Crippen molar-refractivity contribution in [3.8, 4) is 0 Å². The molecule has 12 heteroatoms. The van der Waals surface area contributed by atoms with Gasteiger partial charge in [0.25, 0.3) is 0 Å². The molecule has 0 spiro atoms. The molecule has 0 aromatic heterocycles. The Morgan fingerprint density at radius 3 is 1.30 bits per heavy atom. The van der Waals surface area contributed by atoms with Crippen LogP contribution in [0.4, 0.5) is 0 Å². The van der Waals surface area contributed by atoms with E-state index in [4.69, 9.17) is 0 Å². The molecule has 4 atom stereocenters. The van der Waals surface area contributed by atoms with Crippen molar-refractivity contribution in [1.82, 2.24) is 31.9 Å². The Labute approximate surface area is 270 Å². The number of rotatable bonds is 8. The minimum atomic E-state index is -1.06. The van der Waals surface area contributed by atoms with Crippen molar-refractivity contribution in [3.63, 3.8) is 0 Å². The molecule has 0 unspecified atom stereocenters. The van der Waals surface area contributed by atoms with Gasteiger partial charge < -0.3 is 31.9 Å². The number of amides is 6. The third-order valence-corrected chi connectivity index (χ3v) is 7.40. The van der Waals surface area contributed by atoms with Crippen molar-refractivity contribution < 1.29 is 28.8 Å². The van der Waals surface area contributed by atoms with E-state index in [1.54, 1.807) is 0 Å². The second kappa shape index (κ2) is 17.7. The van der Waals surface area contributed by atoms with Gasteiger partial charge in [0.2, 0.25) is 35.4 Å². The lowest BCUT2D eigenvalue weighted by Crippen LogP contribution is -2.59. The molecule has 12 nitrogen and oxygen atoms in total. The van der Waals surface area contributed by atoms with Crippen molar-refractivity contribution in [2.45, 2.75) is 77.5 Å². The fourth-order valence-electron chi connectivity index (χ4n) is 5.14. The lowest BCUT2D eigenvalue weighted by Gasteiger charge is -2.26. The van der Waals surface area contributed by atoms with E-state index in [1.165, 1.54) is 0 Å². The maximum Gasteiger partial charge on any atom is 0.243 e. The number of nitrogens with one attached hydrogen (secondary N) is 6. The minimum Gasteiger partial charge on any atom is -0.345 e. The Morgan fingerprint density at radius 2 is 0.848 bits per heavy atom. The average molecular weight is 635 g/mol. The van der Waals surface area contributed by atoms with Gasteiger partial charge in [0.15, 0.2) is 0 Å². The van der Waals surface area contributed by atoms with Crippen LogP contribution in [-0.4, -0.2) is 72.7 Å². The fourth-order valence-corrected chi connectivity index (χ4v) is 5.14. The molecule has 2 aromatic rings. The first-order chi connectivity index (χ1) is 21.9. The Morgan fingerprint density at radius 1 is 0.500 bits per heavy atom. The molecule has 1 aliphatic heterocycles. The van der Waals surface area contributed by atoms with E-state index in [1.807, 2.05) is 88.4 Å². The molecule has 3 rings (SSSR count). The summed E-state index contributed by atoms with van der Waals surface area (Å²) < 4.78 is 0. The van der Waals surface area contributed by atoms with Gasteiger partial charge >= 0.3 is 0 Å². The monoisotopic (exact) mass is 634 g/mol. The first kappa shape index (κ1) is 35.7. The quantitative estimate of drug-likeness (QED) is 0.250. The van der Waals surface area contributed by atoms with Crippen molar-refractivity contribution in [2.24, 2.45) is 11.8 Å². The largest absolute Gasteiger partial charge is 0.345 e. The molecule has 248 valence electrons. The normalized spacial score (nSPS) is 22.5. The van der Waals surface area contributed by atoms with Crippen LogP contribution in [0, 0.1) is 11.8 Å². The van der Waals surface area contributed by atoms with Crippen LogP contribution in [-0.2, 0) is 41.6 Å². The highest BCUT2D eigenvalue weighted by atomic mass is 16.2. The third-order valence-electron chi connectivity index (χ3n) is 7.40. The second-order valence-electron chi connectivity index (χ2n) is 12.4. The molecule has 0 bridgehead atoms. The average Bonchev–Trinajstić information content (AvgIpc) is 3.01. The molecular formula is C34H46N6O6. The summed E-state index contributed by atoms with van der Waals surface area (Å²) in [6, 6.07) is 14.1. The molecule has 6 N–H and O–H groups in total. The van der Waals surface area contributed by atoms with Crippen molar-refractivity contribution in [2.75, 3.05) is 13.1 Å². The van der Waals surface area contributed by atoms with Gasteiger partial charge in [-0.1, -0.05) is 88.4 Å². The van der Waals surface area contributed by atoms with Crippen molar-refractivity contribution in [3.05, 3.63) is 71.8 Å². The van der Waals surface area contributed by atoms with Gasteiger partial charge in [0.05, 0.1) is 13.1 Å². The molecule has 1 heterocycles. The predicted molar refractivity (Wildman–Crippen MR) is 173 cm³/mol. The van der Waals surface area contributed by atoms with E-state index < -0.39 is 72.7 Å². The summed E-state index contributed by atoms with van der Waals surface area (Å²) >= 11 is 0. The SMILES string of the molecule is CC(C)C[C@@H]1NC(=O)CNC(=O)[C@H](CC(C)C)NC(=O)[C@@H](Cc2ccccc2)NC(=O)CNC(=O)[C@H](Cc2ccccc2)NC1=O. The van der Waals surface area contributed by atoms with E-state index in [0.717, 1.165) is 11.1 Å². The standard InChI is InChI=1S/C34H46N6O6/c1-21(2)15-25-31(43)35-19-29(41)37-26(16-22(3)4)33(45)40-27(17-23-11-7-5-8-12-23)32(44)36-20-30(42)38-28(34(46)39-25)18-24-13-9-6-10-14-24/h5-14,21-22,25-28H,15-20H2,1-4H3,(H,35,43)(H,36,44)(H,37,41)(H,38,42)(H,39,46)(H,40,45)/t25-,26-,27-,28+/m0/s1. The Balaban J connectivity index is 1.92. The maximum atomic E-state index is 13.5. The molecule has 46 heavy (non-hydrogen) atoms. The summed E-state index contributed by atoms with van der Waals surface area (Å²) in [5, 5.41) is 16.0. The summed E-state index contributed by atoms with van der Waals surface area (Å²) in [6.45, 7) is 6.69. The molecule has 1 saturated heterocycles. The molecule has 1 fully saturated rings. The number of hydrogen-bond acceptors (Lipinski definition) is 6. The van der Waals surface area contributed by atoms with Gasteiger partial charge in [-0.05, 0) is 35.8 Å². The zero-order chi connectivity index (χ0) is 33.6. The highest BCUT2D eigenvalue weighted by Gasteiger charge is 2.31. The third kappa shape index (κ3) is 12.0. The summed E-state index contributed by atoms with van der Waals surface area (Å²) in [5.74, 6) is -3.50. The van der Waals surface area contributed by atoms with E-state index in [9.17, 15) is 28.8 Å². The number of carbonyl (C=O) groups excluding carboxylic acids is 6. The van der Waals surface area contributed by atoms with Gasteiger partial charge in [-0.3, -0.25) is 28.8 Å². The zero-order valence-electron chi connectivity index (χ0n) is 26.9. The lowest BCUT2D eigenvalue weighted by molar-refractivity contribution is -0.135. The topological polar surface area (TPSA) is 175 Å². The van der Waals surface area contributed by atoms with Gasteiger partial charge in [0.1, 0.15) is 24.2 Å². The Bertz CT molecular complexity index is 1300. The summed E-state index contributed by atoms with van der Waals surface area (Å²) in [6.07, 6.45) is 0.828. The number of hydrogen-bond donors (Lipinski definition) is 6. The van der Waals surface area contributed by atoms with Crippen LogP contribution in [0.5, 0.6) is 0 Å². The van der Waals surface area contributed by atoms with Crippen LogP contribution in [0.15, 0.2) is 60.7 Å². The Kier molecular flexibility index (Phi) is 13.7. The summed E-state index contributed by atoms with van der Waals surface area (Å²) in [5.41, 5.74) is 1.55. The van der Waals surface area contributed by atoms with Crippen LogP contribution >= 0.6 is 0 Å². The van der Waals surface area contributed by atoms with Crippen LogP contribution in [0.2, 0.25) is 0 Å². The van der Waals surface area contributed by atoms with E-state index in [2.05, 4.69) is 31.9 Å². The maximum absolute atomic E-state index is 13.5. The smallest absolute Gasteiger partial charge is 0.243 e. The highest BCUT2D eigenvalue weighted by Crippen LogP contribution is 2.10. The van der Waals surface area contributed by atoms with Gasteiger partial charge in [-0.15, -0.1) is 0 Å². The van der Waals surface area contributed by atoms with Crippen LogP contribution in [0.25, 0.3) is 0 Å². The molecule has 0 aliphatic carbocycles. The molecule has 0 radical (unpaired) electrons. The molecule has 1 aliphatic rings. The van der Waals surface area contributed by atoms with Crippen LogP contribution in [0.3, 0.4) is 0 Å². The minimum absolute atomic E-state index is 0.0167. The Hall–Kier alpha value is -4.74. The molecule has 0 saturated carbocycles. The first-order valence-electron chi connectivity index (χ1n) is 15.7. The molecular weight excluding hydrogens is 588 g/mol. The van der Waals surface area contributed by atoms with Gasteiger partial charge in [0, 0.05) is 12.8 Å². The fraction of sp³-hybridized carbons (Fsp3) is 0.471. The highest BCUT2D eigenvalue weighted by molar-refractivity contribution is 5.96. The van der Waals surface area contributed by atoms with E-state index in [-0.39, 0.29) is 37.5 Å². The molecule has 2 aromatic carbocycles. The molecule has 6 amide bonds. The van der Waals surface area contributed by atoms with Crippen LogP contribution < -0.4 is 31.9 Å². The van der Waals surface area contributed by atoms with Crippen molar-refractivity contribution >= 4 is 35.4 Å². The van der Waals surface area contributed by atoms with E-state index in [0.29, 0.717) is 0 Å². The number of carbonyl (C=O) groups is 6. The van der Waals surface area contributed by atoms with Crippen molar-refractivity contribution in [1.29, 1.82) is 0 Å². The summed E-state index contributed by atoms with van der Waals surface area (Å²) in [4.78, 5) is 79.7. The van der Waals surface area contributed by atoms with Crippen LogP contribution in [0.1, 0.15) is 51.7 Å². The van der Waals surface area contributed by atoms with E-state index >= 15 is 0 Å². The van der Waals surface area contributed by atoms with Gasteiger partial charge in [-0.25, -0.2) is 0 Å². The number of benzene rings is 2. The van der Waals surface area contributed by atoms with Gasteiger partial charge in [-0.2, -0.15) is 0 Å². The zero-order valence-corrected chi connectivity index (χ0v) is 26.9.